The summed E-state index contributed by atoms with van der Waals surface area (Å²) in [5, 5.41) is 10.5. The van der Waals surface area contributed by atoms with Crippen LogP contribution in [-0.4, -0.2) is 34.3 Å². The van der Waals surface area contributed by atoms with E-state index in [0.717, 1.165) is 39.0 Å². The van der Waals surface area contributed by atoms with Gasteiger partial charge < -0.3 is 14.4 Å². The monoisotopic (exact) mass is 406 g/mol. The number of ether oxygens (including phenoxy) is 1. The average molecular weight is 406 g/mol. The number of benzene rings is 1. The third-order valence-electron chi connectivity index (χ3n) is 6.03. The Kier molecular flexibility index (Phi) is 5.68. The molecule has 30 heavy (non-hydrogen) atoms. The number of hydrogen-bond acceptors (Lipinski definition) is 4. The molecule has 0 aliphatic carbocycles. The van der Waals surface area contributed by atoms with Crippen molar-refractivity contribution >= 4 is 16.9 Å². The molecule has 1 aliphatic rings. The van der Waals surface area contributed by atoms with Crippen molar-refractivity contribution in [3.8, 4) is 11.4 Å². The summed E-state index contributed by atoms with van der Waals surface area (Å²) >= 11 is 0. The van der Waals surface area contributed by atoms with E-state index in [1.54, 1.807) is 11.7 Å². The molecule has 0 amide bonds. The van der Waals surface area contributed by atoms with Crippen molar-refractivity contribution in [1.29, 1.82) is 0 Å². The Hall–Kier alpha value is -2.99. The number of aromatic nitrogens is 2. The molecule has 3 aromatic rings. The molecule has 1 aliphatic heterocycles. The highest BCUT2D eigenvalue weighted by Gasteiger charge is 2.25. The highest BCUT2D eigenvalue weighted by molar-refractivity contribution is 5.84. The summed E-state index contributed by atoms with van der Waals surface area (Å²) in [6.45, 7) is 2.84. The van der Waals surface area contributed by atoms with Gasteiger partial charge in [0.1, 0.15) is 0 Å². The maximum Gasteiger partial charge on any atom is 0.306 e. The lowest BCUT2D eigenvalue weighted by Crippen LogP contribution is -2.26. The van der Waals surface area contributed by atoms with Crippen molar-refractivity contribution in [2.45, 2.75) is 39.2 Å². The normalized spacial score (nSPS) is 13.3. The molecule has 1 N–H and O–H groups in total. The summed E-state index contributed by atoms with van der Waals surface area (Å²) in [6.07, 6.45) is 2.15. The summed E-state index contributed by atoms with van der Waals surface area (Å²) in [4.78, 5) is 29.6. The van der Waals surface area contributed by atoms with Gasteiger partial charge in [-0.05, 0) is 43.0 Å². The Morgan fingerprint density at radius 2 is 2.07 bits per heavy atom. The number of para-hydroxylation sites is 1. The van der Waals surface area contributed by atoms with Crippen LogP contribution < -0.4 is 5.56 Å². The van der Waals surface area contributed by atoms with Crippen LogP contribution in [0.3, 0.4) is 0 Å². The molecule has 6 nitrogen and oxygen atoms in total. The third-order valence-corrected chi connectivity index (χ3v) is 6.03. The lowest BCUT2D eigenvalue weighted by Gasteiger charge is -2.15. The number of aliphatic carboxylic acids is 1. The van der Waals surface area contributed by atoms with E-state index >= 15 is 0 Å². The topological polar surface area (TPSA) is 81.4 Å². The largest absolute Gasteiger partial charge is 0.481 e. The number of nitrogens with zero attached hydrogens (tertiary/aromatic N) is 2. The van der Waals surface area contributed by atoms with E-state index in [1.165, 1.54) is 0 Å². The van der Waals surface area contributed by atoms with Gasteiger partial charge >= 0.3 is 5.97 Å². The fourth-order valence-electron chi connectivity index (χ4n) is 4.29. The summed E-state index contributed by atoms with van der Waals surface area (Å²) < 4.78 is 7.01. The number of carboxylic acid groups (broad SMARTS) is 1. The SMILES string of the molecule is CCC(CCc1cc2n(c(=O)c1CCOC)Cc1cc3ccccc3nc1-2)C(=O)O. The molecule has 2 aromatic heterocycles. The van der Waals surface area contributed by atoms with Gasteiger partial charge in [-0.3, -0.25) is 9.59 Å². The number of carboxylic acids is 1. The van der Waals surface area contributed by atoms with E-state index in [2.05, 4.69) is 6.07 Å². The predicted molar refractivity (Wildman–Crippen MR) is 116 cm³/mol. The molecule has 0 bridgehead atoms. The van der Waals surface area contributed by atoms with E-state index in [9.17, 15) is 14.7 Å². The zero-order chi connectivity index (χ0) is 21.3. The lowest BCUT2D eigenvalue weighted by molar-refractivity contribution is -0.142. The Bertz CT molecular complexity index is 1170. The molecular formula is C24H26N2O4. The minimum Gasteiger partial charge on any atom is -0.481 e. The Labute approximate surface area is 175 Å². The second-order valence-corrected chi connectivity index (χ2v) is 7.84. The lowest BCUT2D eigenvalue weighted by atomic mass is 9.94. The Morgan fingerprint density at radius 1 is 1.27 bits per heavy atom. The molecule has 0 saturated carbocycles. The van der Waals surface area contributed by atoms with Crippen LogP contribution >= 0.6 is 0 Å². The molecule has 0 radical (unpaired) electrons. The van der Waals surface area contributed by atoms with Gasteiger partial charge in [0.25, 0.3) is 5.56 Å². The van der Waals surface area contributed by atoms with Crippen LogP contribution in [0.2, 0.25) is 0 Å². The standard InChI is InChI=1S/C24H26N2O4/c1-3-15(24(28)29)8-9-16-13-21-22-18(12-17-6-4-5-7-20(17)25-22)14-26(21)23(27)19(16)10-11-30-2/h4-7,12-13,15H,3,8-11,14H2,1-2H3,(H,28,29). The maximum atomic E-state index is 13.4. The average Bonchev–Trinajstić information content (AvgIpc) is 3.09. The summed E-state index contributed by atoms with van der Waals surface area (Å²) in [5.41, 5.74) is 5.21. The number of hydrogen-bond donors (Lipinski definition) is 1. The second kappa shape index (κ2) is 8.40. The van der Waals surface area contributed by atoms with E-state index in [-0.39, 0.29) is 5.56 Å². The molecule has 6 heteroatoms. The van der Waals surface area contributed by atoms with Crippen LogP contribution in [0.25, 0.3) is 22.3 Å². The van der Waals surface area contributed by atoms with Crippen molar-refractivity contribution < 1.29 is 14.6 Å². The molecule has 0 spiro atoms. The number of carbonyl (C=O) groups is 1. The smallest absolute Gasteiger partial charge is 0.306 e. The van der Waals surface area contributed by atoms with Crippen molar-refractivity contribution in [2.24, 2.45) is 5.92 Å². The molecule has 1 atom stereocenters. The van der Waals surface area contributed by atoms with Gasteiger partial charge in [-0.2, -0.15) is 0 Å². The van der Waals surface area contributed by atoms with Crippen LogP contribution in [0, 0.1) is 5.92 Å². The molecule has 156 valence electrons. The zero-order valence-electron chi connectivity index (χ0n) is 17.4. The van der Waals surface area contributed by atoms with E-state index in [0.29, 0.717) is 38.8 Å². The first-order chi connectivity index (χ1) is 14.5. The number of rotatable bonds is 8. The predicted octanol–water partition coefficient (Wildman–Crippen LogP) is 3.66. The zero-order valence-corrected chi connectivity index (χ0v) is 17.4. The molecule has 3 heterocycles. The first kappa shape index (κ1) is 20.3. The third kappa shape index (κ3) is 3.63. The summed E-state index contributed by atoms with van der Waals surface area (Å²) in [5.74, 6) is -1.20. The van der Waals surface area contributed by atoms with Crippen LogP contribution in [-0.2, 0) is 28.9 Å². The van der Waals surface area contributed by atoms with Gasteiger partial charge in [0.2, 0.25) is 0 Å². The van der Waals surface area contributed by atoms with Crippen LogP contribution in [0.1, 0.15) is 36.5 Å². The summed E-state index contributed by atoms with van der Waals surface area (Å²) in [6, 6.07) is 12.1. The fraction of sp³-hybridized carbons (Fsp3) is 0.375. The van der Waals surface area contributed by atoms with Crippen LogP contribution in [0.15, 0.2) is 41.2 Å². The first-order valence-electron chi connectivity index (χ1n) is 10.4. The van der Waals surface area contributed by atoms with E-state index < -0.39 is 11.9 Å². The van der Waals surface area contributed by atoms with Crippen molar-refractivity contribution in [3.05, 3.63) is 63.4 Å². The van der Waals surface area contributed by atoms with E-state index in [4.69, 9.17) is 9.72 Å². The van der Waals surface area contributed by atoms with Gasteiger partial charge in [-0.1, -0.05) is 25.1 Å². The fourth-order valence-corrected chi connectivity index (χ4v) is 4.29. The Morgan fingerprint density at radius 3 is 2.80 bits per heavy atom. The molecular weight excluding hydrogens is 380 g/mol. The Balaban J connectivity index is 1.79. The van der Waals surface area contributed by atoms with Crippen molar-refractivity contribution in [1.82, 2.24) is 9.55 Å². The molecule has 0 fully saturated rings. The van der Waals surface area contributed by atoms with Crippen LogP contribution in [0.4, 0.5) is 0 Å². The number of fused-ring (bicyclic) bond motifs is 4. The maximum absolute atomic E-state index is 13.4. The van der Waals surface area contributed by atoms with E-state index in [1.807, 2.05) is 37.3 Å². The minimum absolute atomic E-state index is 0.0232. The minimum atomic E-state index is -0.785. The van der Waals surface area contributed by atoms with Gasteiger partial charge in [0, 0.05) is 30.0 Å². The molecule has 0 saturated heterocycles. The van der Waals surface area contributed by atoms with Gasteiger partial charge in [-0.25, -0.2) is 4.98 Å². The first-order valence-corrected chi connectivity index (χ1v) is 10.4. The number of methoxy groups -OCH3 is 1. The van der Waals surface area contributed by atoms with Gasteiger partial charge in [0.15, 0.2) is 0 Å². The quantitative estimate of drug-likeness (QED) is 0.483. The second-order valence-electron chi connectivity index (χ2n) is 7.84. The van der Waals surface area contributed by atoms with Gasteiger partial charge in [0.05, 0.1) is 36.0 Å². The molecule has 1 unspecified atom stereocenters. The van der Waals surface area contributed by atoms with Gasteiger partial charge in [-0.15, -0.1) is 0 Å². The van der Waals surface area contributed by atoms with Crippen molar-refractivity contribution in [2.75, 3.05) is 13.7 Å². The summed E-state index contributed by atoms with van der Waals surface area (Å²) in [7, 11) is 1.62. The number of aryl methyl sites for hydroxylation is 1. The highest BCUT2D eigenvalue weighted by Crippen LogP contribution is 2.33. The molecule has 1 aromatic carbocycles. The van der Waals surface area contributed by atoms with Crippen LogP contribution in [0.5, 0.6) is 0 Å². The molecule has 4 rings (SSSR count). The van der Waals surface area contributed by atoms with Crippen molar-refractivity contribution in [3.63, 3.8) is 0 Å². The number of pyridine rings is 2. The highest BCUT2D eigenvalue weighted by atomic mass is 16.5.